The van der Waals surface area contributed by atoms with Gasteiger partial charge in [0.05, 0.1) is 6.54 Å². The van der Waals surface area contributed by atoms with E-state index in [1.54, 1.807) is 0 Å². The third kappa shape index (κ3) is 7.53. The van der Waals surface area contributed by atoms with E-state index in [4.69, 9.17) is 22.9 Å². The molecule has 0 spiro atoms. The van der Waals surface area contributed by atoms with Gasteiger partial charge in [-0.15, -0.1) is 0 Å². The van der Waals surface area contributed by atoms with E-state index in [-0.39, 0.29) is 31.4 Å². The number of primary amides is 1. The fourth-order valence-corrected chi connectivity index (χ4v) is 4.37. The molecule has 2 aliphatic rings. The number of nitrogens with zero attached hydrogens (tertiary/aromatic N) is 3. The van der Waals surface area contributed by atoms with Crippen LogP contribution >= 0.6 is 0 Å². The summed E-state index contributed by atoms with van der Waals surface area (Å²) in [5.74, 6) is -2.47. The number of likely N-dealkylation sites (tertiary alicyclic amines) is 2. The van der Waals surface area contributed by atoms with E-state index >= 15 is 0 Å². The zero-order valence-corrected chi connectivity index (χ0v) is 20.1. The summed E-state index contributed by atoms with van der Waals surface area (Å²) in [5, 5.41) is 5.29. The SMILES string of the molecule is C[C@H](NC(=O)[C@@H]1CCCN1C(=O)[C@H](CCCN=C(N)N)NC(=O)[C@@H]1CCCN1C(=O)CN)C(N)=O. The molecule has 14 nitrogen and oxygen atoms in total. The van der Waals surface area contributed by atoms with Gasteiger partial charge in [-0.3, -0.25) is 29.0 Å². The Bertz CT molecular complexity index is 845. The van der Waals surface area contributed by atoms with E-state index in [0.29, 0.717) is 45.2 Å². The number of nitrogens with two attached hydrogens (primary N) is 4. The zero-order chi connectivity index (χ0) is 26.1. The molecule has 0 aromatic rings. The second-order valence-electron chi connectivity index (χ2n) is 8.78. The molecule has 10 N–H and O–H groups in total. The molecule has 2 saturated heterocycles. The second-order valence-corrected chi connectivity index (χ2v) is 8.78. The van der Waals surface area contributed by atoms with Crippen molar-refractivity contribution < 1.29 is 24.0 Å². The van der Waals surface area contributed by atoms with Gasteiger partial charge in [0.25, 0.3) is 0 Å². The number of carbonyl (C=O) groups is 5. The molecule has 0 radical (unpaired) electrons. The number of rotatable bonds is 11. The lowest BCUT2D eigenvalue weighted by molar-refractivity contribution is -0.143. The maximum Gasteiger partial charge on any atom is 0.245 e. The van der Waals surface area contributed by atoms with Crippen molar-refractivity contribution in [2.75, 3.05) is 26.2 Å². The van der Waals surface area contributed by atoms with Crippen LogP contribution in [0.1, 0.15) is 45.4 Å². The van der Waals surface area contributed by atoms with Gasteiger partial charge in [0.1, 0.15) is 24.2 Å². The van der Waals surface area contributed by atoms with Crippen LogP contribution in [0.2, 0.25) is 0 Å². The summed E-state index contributed by atoms with van der Waals surface area (Å²) >= 11 is 0. The molecule has 5 amide bonds. The molecule has 14 heteroatoms. The highest BCUT2D eigenvalue weighted by Crippen LogP contribution is 2.21. The number of nitrogens with one attached hydrogen (secondary N) is 2. The van der Waals surface area contributed by atoms with E-state index in [2.05, 4.69) is 15.6 Å². The lowest BCUT2D eigenvalue weighted by Crippen LogP contribution is -2.57. The minimum atomic E-state index is -0.950. The third-order valence-electron chi connectivity index (χ3n) is 6.23. The molecule has 0 aliphatic carbocycles. The number of aliphatic imine (C=N–C) groups is 1. The van der Waals surface area contributed by atoms with Gasteiger partial charge in [-0.1, -0.05) is 0 Å². The van der Waals surface area contributed by atoms with Gasteiger partial charge in [0.15, 0.2) is 5.96 Å². The lowest BCUT2D eigenvalue weighted by Gasteiger charge is -2.31. The summed E-state index contributed by atoms with van der Waals surface area (Å²) in [7, 11) is 0. The highest BCUT2D eigenvalue weighted by atomic mass is 16.2. The van der Waals surface area contributed by atoms with Crippen LogP contribution in [-0.4, -0.2) is 95.6 Å². The molecule has 0 bridgehead atoms. The normalized spacial score (nSPS) is 21.2. The summed E-state index contributed by atoms with van der Waals surface area (Å²) in [4.78, 5) is 69.4. The highest BCUT2D eigenvalue weighted by Gasteiger charge is 2.40. The predicted molar refractivity (Wildman–Crippen MR) is 127 cm³/mol. The van der Waals surface area contributed by atoms with Crippen LogP contribution in [-0.2, 0) is 24.0 Å². The van der Waals surface area contributed by atoms with Gasteiger partial charge in [0, 0.05) is 19.6 Å². The first-order valence-corrected chi connectivity index (χ1v) is 11.8. The van der Waals surface area contributed by atoms with Gasteiger partial charge in [-0.05, 0) is 45.4 Å². The van der Waals surface area contributed by atoms with Crippen LogP contribution in [0.3, 0.4) is 0 Å². The Balaban J connectivity index is 2.15. The van der Waals surface area contributed by atoms with Crippen molar-refractivity contribution in [3.05, 3.63) is 0 Å². The maximum absolute atomic E-state index is 13.5. The minimum absolute atomic E-state index is 0.0846. The molecule has 2 aliphatic heterocycles. The van der Waals surface area contributed by atoms with Crippen molar-refractivity contribution in [3.63, 3.8) is 0 Å². The van der Waals surface area contributed by atoms with Crippen LogP contribution in [0, 0.1) is 0 Å². The van der Waals surface area contributed by atoms with E-state index in [0.717, 1.165) is 0 Å². The van der Waals surface area contributed by atoms with Crippen molar-refractivity contribution in [3.8, 4) is 0 Å². The Morgan fingerprint density at radius 3 is 2.09 bits per heavy atom. The van der Waals surface area contributed by atoms with Crippen molar-refractivity contribution in [1.29, 1.82) is 0 Å². The van der Waals surface area contributed by atoms with Gasteiger partial charge < -0.3 is 43.4 Å². The van der Waals surface area contributed by atoms with Gasteiger partial charge in [-0.2, -0.15) is 0 Å². The quantitative estimate of drug-likeness (QED) is 0.0951. The lowest BCUT2D eigenvalue weighted by atomic mass is 10.1. The standard InChI is InChI=1S/C21H37N9O5/c1-12(17(23)32)27-18(33)15-7-4-10-30(15)20(35)13(5-2-8-26-21(24)25)28-19(34)14-6-3-9-29(14)16(31)11-22/h12-15H,2-11,22H2,1H3,(H2,23,32)(H,27,33)(H,28,34)(H4,24,25,26)/t12-,13-,14-,15-/m0/s1. The Hall–Kier alpha value is -3.42. The third-order valence-corrected chi connectivity index (χ3v) is 6.23. The molecular weight excluding hydrogens is 458 g/mol. The van der Waals surface area contributed by atoms with Gasteiger partial charge >= 0.3 is 0 Å². The number of hydrogen-bond donors (Lipinski definition) is 6. The maximum atomic E-state index is 13.5. The van der Waals surface area contributed by atoms with Crippen LogP contribution in [0.4, 0.5) is 0 Å². The number of carbonyl (C=O) groups excluding carboxylic acids is 5. The van der Waals surface area contributed by atoms with Crippen LogP contribution in [0.25, 0.3) is 0 Å². The van der Waals surface area contributed by atoms with E-state index in [1.807, 2.05) is 0 Å². The average molecular weight is 496 g/mol. The van der Waals surface area contributed by atoms with E-state index in [1.165, 1.54) is 16.7 Å². The number of amides is 5. The van der Waals surface area contributed by atoms with Crippen LogP contribution in [0.5, 0.6) is 0 Å². The van der Waals surface area contributed by atoms with Gasteiger partial charge in [-0.25, -0.2) is 0 Å². The second kappa shape index (κ2) is 12.9. The average Bonchev–Trinajstić information content (AvgIpc) is 3.49. The molecule has 4 atom stereocenters. The molecular formula is C21H37N9O5. The molecule has 2 rings (SSSR count). The van der Waals surface area contributed by atoms with Crippen LogP contribution in [0.15, 0.2) is 4.99 Å². The van der Waals surface area contributed by atoms with Crippen LogP contribution < -0.4 is 33.6 Å². The summed E-state index contributed by atoms with van der Waals surface area (Å²) in [6, 6.07) is -3.34. The summed E-state index contributed by atoms with van der Waals surface area (Å²) in [5.41, 5.74) is 21.4. The molecule has 0 aromatic carbocycles. The highest BCUT2D eigenvalue weighted by molar-refractivity contribution is 5.95. The number of guanidine groups is 1. The molecule has 0 saturated carbocycles. The first-order valence-electron chi connectivity index (χ1n) is 11.8. The predicted octanol–water partition coefficient (Wildman–Crippen LogP) is -3.54. The topological polar surface area (TPSA) is 232 Å². The molecule has 0 aromatic heterocycles. The molecule has 2 heterocycles. The van der Waals surface area contributed by atoms with Crippen molar-refractivity contribution in [2.45, 2.75) is 69.6 Å². The molecule has 35 heavy (non-hydrogen) atoms. The Labute approximate surface area is 204 Å². The Morgan fingerprint density at radius 1 is 0.943 bits per heavy atom. The first kappa shape index (κ1) is 27.8. The van der Waals surface area contributed by atoms with Crippen molar-refractivity contribution in [2.24, 2.45) is 27.9 Å². The largest absolute Gasteiger partial charge is 0.370 e. The smallest absolute Gasteiger partial charge is 0.245 e. The molecule has 0 unspecified atom stereocenters. The van der Waals surface area contributed by atoms with Gasteiger partial charge in [0.2, 0.25) is 29.5 Å². The summed E-state index contributed by atoms with van der Waals surface area (Å²) in [6.07, 6.45) is 2.74. The van der Waals surface area contributed by atoms with Crippen molar-refractivity contribution >= 4 is 35.5 Å². The summed E-state index contributed by atoms with van der Waals surface area (Å²) in [6.45, 7) is 2.25. The first-order chi connectivity index (χ1) is 16.6. The zero-order valence-electron chi connectivity index (χ0n) is 20.1. The molecule has 2 fully saturated rings. The molecule has 196 valence electrons. The van der Waals surface area contributed by atoms with Crippen molar-refractivity contribution in [1.82, 2.24) is 20.4 Å². The summed E-state index contributed by atoms with van der Waals surface area (Å²) < 4.78 is 0. The van der Waals surface area contributed by atoms with E-state index < -0.39 is 47.8 Å². The Morgan fingerprint density at radius 2 is 1.51 bits per heavy atom. The number of hydrogen-bond acceptors (Lipinski definition) is 7. The fourth-order valence-electron chi connectivity index (χ4n) is 4.37. The Kier molecular flexibility index (Phi) is 10.2. The van der Waals surface area contributed by atoms with E-state index in [9.17, 15) is 24.0 Å². The monoisotopic (exact) mass is 495 g/mol. The minimum Gasteiger partial charge on any atom is -0.370 e. The fraction of sp³-hybridized carbons (Fsp3) is 0.714.